The number of aromatic amines is 3. The molecule has 0 unspecified atom stereocenters. The van der Waals surface area contributed by atoms with Gasteiger partial charge in [0.2, 0.25) is 0 Å². The lowest BCUT2D eigenvalue weighted by atomic mass is 10.1. The summed E-state index contributed by atoms with van der Waals surface area (Å²) in [6.07, 6.45) is 11.8. The Morgan fingerprint density at radius 3 is 1.88 bits per heavy atom. The first-order valence-electron chi connectivity index (χ1n) is 14.5. The molecule has 0 aliphatic rings. The monoisotopic (exact) mass is 708 g/mol. The molecule has 15 heteroatoms. The summed E-state index contributed by atoms with van der Waals surface area (Å²) in [6.45, 7) is 0. The Labute approximate surface area is 288 Å². The fraction of sp³-hybridized carbons (Fsp3) is 0.212. The zero-order chi connectivity index (χ0) is 35.0. The first-order chi connectivity index (χ1) is 23.0. The number of nitro benzene ring substituents is 1. The van der Waals surface area contributed by atoms with E-state index < -0.39 is 28.9 Å². The Morgan fingerprint density at radius 2 is 1.29 bits per heavy atom. The second kappa shape index (κ2) is 16.6. The van der Waals surface area contributed by atoms with Crippen LogP contribution < -0.4 is 11.5 Å². The molecule has 0 bridgehead atoms. The number of nitrogens with zero attached hydrogens (tertiary/aromatic N) is 1. The number of thioether (sulfide) groups is 3. The Kier molecular flexibility index (Phi) is 12.6. The van der Waals surface area contributed by atoms with E-state index in [-0.39, 0.29) is 12.1 Å². The minimum absolute atomic E-state index is 0.0343. The van der Waals surface area contributed by atoms with Crippen molar-refractivity contribution >= 4 is 85.6 Å². The smallest absolute Gasteiger partial charge is 0.320 e. The van der Waals surface area contributed by atoms with Crippen LogP contribution in [0.2, 0.25) is 0 Å². The summed E-state index contributed by atoms with van der Waals surface area (Å²) in [6, 6.07) is 15.6. The number of non-ortho nitro benzene ring substituents is 1. The number of carboxylic acid groups (broad SMARTS) is 2. The van der Waals surface area contributed by atoms with E-state index in [1.54, 1.807) is 35.8 Å². The molecule has 48 heavy (non-hydrogen) atoms. The fourth-order valence-electron chi connectivity index (χ4n) is 5.19. The maximum absolute atomic E-state index is 11.0. The molecule has 6 aromatic rings. The molecule has 0 radical (unpaired) electrons. The van der Waals surface area contributed by atoms with Crippen LogP contribution in [0.25, 0.3) is 32.7 Å². The largest absolute Gasteiger partial charge is 0.480 e. The number of nitro groups is 1. The highest BCUT2D eigenvalue weighted by molar-refractivity contribution is 7.99. The van der Waals surface area contributed by atoms with E-state index in [9.17, 15) is 19.7 Å². The van der Waals surface area contributed by atoms with Crippen LogP contribution in [0, 0.1) is 10.1 Å². The molecule has 6 rings (SSSR count). The van der Waals surface area contributed by atoms with Crippen LogP contribution in [0.3, 0.4) is 0 Å². The van der Waals surface area contributed by atoms with E-state index in [2.05, 4.69) is 45.5 Å². The fourth-order valence-corrected chi connectivity index (χ4v) is 7.10. The molecule has 12 nitrogen and oxygen atoms in total. The standard InChI is InChI=1S/C12H13N3O4S.C12H14N2O2S.C9H9NS/c1-20-9-3-2-8(15(18)19)11-10(9)6(5-14-11)4-7(13)12(16)17;1-17-10-4-2-3-9-11(10)7(6-14-9)5-8(13)12(15)16;1-11-9-4-2-3-8-7(9)5-6-10-8/h2-3,5,7,14H,4,13H2,1H3,(H,16,17);2-4,6,8,14H,5,13H2,1H3,(H,15,16);2-6,10H,1H3/t7-;8-;/m00./s1. The van der Waals surface area contributed by atoms with Gasteiger partial charge in [0.05, 0.1) is 4.92 Å². The first-order valence-corrected chi connectivity index (χ1v) is 18.2. The van der Waals surface area contributed by atoms with Crippen molar-refractivity contribution in [1.82, 2.24) is 15.0 Å². The van der Waals surface area contributed by atoms with Gasteiger partial charge in [-0.25, -0.2) is 0 Å². The molecule has 0 aliphatic heterocycles. The summed E-state index contributed by atoms with van der Waals surface area (Å²) < 4.78 is 0. The van der Waals surface area contributed by atoms with E-state index in [4.69, 9.17) is 21.7 Å². The molecule has 0 amide bonds. The maximum Gasteiger partial charge on any atom is 0.320 e. The molecule has 3 heterocycles. The van der Waals surface area contributed by atoms with Crippen molar-refractivity contribution in [2.24, 2.45) is 11.5 Å². The summed E-state index contributed by atoms with van der Waals surface area (Å²) in [5.41, 5.74) is 15.3. The van der Waals surface area contributed by atoms with Crippen LogP contribution in [0.4, 0.5) is 5.69 Å². The zero-order valence-corrected chi connectivity index (χ0v) is 28.8. The number of H-pyrrole nitrogens is 3. The Hall–Kier alpha value is -4.41. The lowest BCUT2D eigenvalue weighted by Gasteiger charge is -2.07. The number of nitrogens with two attached hydrogens (primary N) is 2. The van der Waals surface area contributed by atoms with Crippen molar-refractivity contribution in [3.63, 3.8) is 0 Å². The third kappa shape index (κ3) is 8.35. The molecule has 0 saturated carbocycles. The lowest BCUT2D eigenvalue weighted by molar-refractivity contribution is -0.383. The van der Waals surface area contributed by atoms with Crippen molar-refractivity contribution in [3.8, 4) is 0 Å². The maximum atomic E-state index is 11.0. The van der Waals surface area contributed by atoms with Crippen molar-refractivity contribution in [1.29, 1.82) is 0 Å². The molecular weight excluding hydrogens is 673 g/mol. The Balaban J connectivity index is 0.000000169. The van der Waals surface area contributed by atoms with Gasteiger partial charge in [-0.15, -0.1) is 35.3 Å². The highest BCUT2D eigenvalue weighted by Crippen LogP contribution is 2.35. The normalized spacial score (nSPS) is 12.2. The molecule has 9 N–H and O–H groups in total. The molecule has 0 aliphatic carbocycles. The highest BCUT2D eigenvalue weighted by atomic mass is 32.2. The SMILES string of the molecule is CSc1ccc([N+](=O)[O-])c2[nH]cc(C[C@H](N)C(=O)O)c12.CSc1cccc2[nH]cc(C[C@H](N)C(=O)O)c12.CSc1cccc2[nH]ccc12. The molecule has 0 fully saturated rings. The third-order valence-corrected chi connectivity index (χ3v) is 9.89. The van der Waals surface area contributed by atoms with Crippen LogP contribution in [0.5, 0.6) is 0 Å². The minimum Gasteiger partial charge on any atom is -0.480 e. The average molecular weight is 709 g/mol. The number of carboxylic acids is 2. The van der Waals surface area contributed by atoms with Gasteiger partial charge in [-0.1, -0.05) is 12.1 Å². The number of carbonyl (C=O) groups is 2. The van der Waals surface area contributed by atoms with E-state index in [1.807, 2.05) is 43.1 Å². The number of aliphatic carboxylic acids is 2. The summed E-state index contributed by atoms with van der Waals surface area (Å²) in [5, 5.41) is 31.8. The second-order valence-electron chi connectivity index (χ2n) is 10.5. The zero-order valence-electron chi connectivity index (χ0n) is 26.4. The number of benzene rings is 3. The number of fused-ring (bicyclic) bond motifs is 3. The summed E-state index contributed by atoms with van der Waals surface area (Å²) >= 11 is 4.87. The number of hydrogen-bond donors (Lipinski definition) is 7. The van der Waals surface area contributed by atoms with Gasteiger partial charge in [0.1, 0.15) is 17.6 Å². The van der Waals surface area contributed by atoms with Crippen molar-refractivity contribution in [3.05, 3.63) is 94.4 Å². The number of rotatable bonds is 10. The van der Waals surface area contributed by atoms with Crippen LogP contribution >= 0.6 is 35.3 Å². The molecule has 0 spiro atoms. The number of aromatic nitrogens is 3. The molecule has 2 atom stereocenters. The first kappa shape index (κ1) is 36.4. The van der Waals surface area contributed by atoms with E-state index in [1.165, 1.54) is 33.6 Å². The van der Waals surface area contributed by atoms with Crippen molar-refractivity contribution < 1.29 is 24.7 Å². The van der Waals surface area contributed by atoms with Gasteiger partial charge >= 0.3 is 11.9 Å². The van der Waals surface area contributed by atoms with Gasteiger partial charge in [0, 0.05) is 79.4 Å². The van der Waals surface area contributed by atoms with Gasteiger partial charge in [-0.2, -0.15) is 0 Å². The summed E-state index contributed by atoms with van der Waals surface area (Å²) in [7, 11) is 0. The Bertz CT molecular complexity index is 2060. The van der Waals surface area contributed by atoms with Crippen LogP contribution in [0.15, 0.2) is 87.9 Å². The summed E-state index contributed by atoms with van der Waals surface area (Å²) in [5.74, 6) is -2.07. The van der Waals surface area contributed by atoms with E-state index in [0.29, 0.717) is 22.9 Å². The molecule has 0 saturated heterocycles. The number of hydrogen-bond acceptors (Lipinski definition) is 9. The van der Waals surface area contributed by atoms with Gasteiger partial charge in [-0.3, -0.25) is 19.7 Å². The van der Waals surface area contributed by atoms with Crippen molar-refractivity contribution in [2.45, 2.75) is 39.6 Å². The van der Waals surface area contributed by atoms with Crippen LogP contribution in [-0.2, 0) is 22.4 Å². The Morgan fingerprint density at radius 1 is 0.750 bits per heavy atom. The van der Waals surface area contributed by atoms with Gasteiger partial charge in [0.15, 0.2) is 0 Å². The van der Waals surface area contributed by atoms with Crippen LogP contribution in [0.1, 0.15) is 11.1 Å². The van der Waals surface area contributed by atoms with E-state index in [0.717, 1.165) is 26.3 Å². The predicted molar refractivity (Wildman–Crippen MR) is 196 cm³/mol. The number of nitrogens with one attached hydrogen (secondary N) is 3. The molecular formula is C33H36N6O6S3. The average Bonchev–Trinajstić information content (AvgIpc) is 3.84. The lowest BCUT2D eigenvalue weighted by Crippen LogP contribution is -2.32. The molecule has 3 aromatic heterocycles. The molecule has 252 valence electrons. The second-order valence-corrected chi connectivity index (χ2v) is 13.0. The predicted octanol–water partition coefficient (Wildman–Crippen LogP) is 6.49. The van der Waals surface area contributed by atoms with Gasteiger partial charge in [-0.05, 0) is 66.3 Å². The quantitative estimate of drug-likeness (QED) is 0.0464. The van der Waals surface area contributed by atoms with Crippen LogP contribution in [-0.4, -0.2) is 72.9 Å². The topological polar surface area (TPSA) is 217 Å². The van der Waals surface area contributed by atoms with E-state index >= 15 is 0 Å². The van der Waals surface area contributed by atoms with Gasteiger partial charge in [0.25, 0.3) is 5.69 Å². The third-order valence-electron chi connectivity index (χ3n) is 7.53. The van der Waals surface area contributed by atoms with Crippen molar-refractivity contribution in [2.75, 3.05) is 18.8 Å². The van der Waals surface area contributed by atoms with Gasteiger partial charge < -0.3 is 36.6 Å². The molecule has 3 aromatic carbocycles. The summed E-state index contributed by atoms with van der Waals surface area (Å²) in [4.78, 5) is 44.7. The highest BCUT2D eigenvalue weighted by Gasteiger charge is 2.21. The minimum atomic E-state index is -1.10.